The number of carbonyl (C=O) groups is 4. The number of amides is 4. The number of pyridine rings is 1. The van der Waals surface area contributed by atoms with Crippen LogP contribution in [0.25, 0.3) is 44.5 Å². The third-order valence-electron chi connectivity index (χ3n) is 12.3. The molecule has 0 spiro atoms. The van der Waals surface area contributed by atoms with Crippen LogP contribution >= 0.6 is 0 Å². The van der Waals surface area contributed by atoms with E-state index in [0.717, 1.165) is 76.1 Å². The number of fused-ring (bicyclic) bond motifs is 1. The van der Waals surface area contributed by atoms with Gasteiger partial charge >= 0.3 is 12.2 Å². The highest BCUT2D eigenvalue weighted by molar-refractivity contribution is 5.89. The minimum Gasteiger partial charge on any atom is -0.453 e. The molecule has 2 aromatic carbocycles. The highest BCUT2D eigenvalue weighted by atomic mass is 16.5. The Bertz CT molecular complexity index is 2370. The first kappa shape index (κ1) is 41.4. The van der Waals surface area contributed by atoms with Crippen molar-refractivity contribution < 1.29 is 33.4 Å². The number of methoxy groups -OCH3 is 2. The molecule has 0 aliphatic carbocycles. The largest absolute Gasteiger partial charge is 0.453 e. The molecule has 4 N–H and O–H groups in total. The molecule has 0 saturated carbocycles. The number of benzene rings is 2. The summed E-state index contributed by atoms with van der Waals surface area (Å²) in [6.45, 7) is 6.08. The zero-order valence-electron chi connectivity index (χ0n) is 35.0. The maximum Gasteiger partial charge on any atom is 0.407 e. The quantitative estimate of drug-likeness (QED) is 0.113. The molecule has 4 unspecified atom stereocenters. The number of hydrogen-bond acceptors (Lipinski definition) is 10. The van der Waals surface area contributed by atoms with Gasteiger partial charge < -0.3 is 44.6 Å². The molecule has 0 radical (unpaired) electrons. The van der Waals surface area contributed by atoms with Gasteiger partial charge in [-0.3, -0.25) is 14.6 Å². The molecule has 6 heterocycles. The van der Waals surface area contributed by atoms with E-state index in [-0.39, 0.29) is 35.7 Å². The van der Waals surface area contributed by atoms with Crippen molar-refractivity contribution in [2.45, 2.75) is 76.5 Å². The van der Waals surface area contributed by atoms with E-state index in [1.165, 1.54) is 14.2 Å². The summed E-state index contributed by atoms with van der Waals surface area (Å²) in [5, 5.41) is 6.48. The number of alkyl carbamates (subject to hydrolysis) is 2. The lowest BCUT2D eigenvalue weighted by Crippen LogP contribution is -2.53. The summed E-state index contributed by atoms with van der Waals surface area (Å²) < 4.78 is 15.2. The van der Waals surface area contributed by atoms with Crippen LogP contribution in [0.2, 0.25) is 0 Å². The van der Waals surface area contributed by atoms with E-state index in [2.05, 4.69) is 74.1 Å². The van der Waals surface area contributed by atoms with Crippen LogP contribution in [0, 0.1) is 11.8 Å². The van der Waals surface area contributed by atoms with Gasteiger partial charge in [0.05, 0.1) is 55.6 Å². The van der Waals surface area contributed by atoms with Crippen molar-refractivity contribution in [1.29, 1.82) is 0 Å². The molecule has 3 fully saturated rings. The molecule has 8 rings (SSSR count). The predicted molar refractivity (Wildman–Crippen MR) is 227 cm³/mol. The van der Waals surface area contributed by atoms with Crippen LogP contribution in [-0.4, -0.2) is 111 Å². The molecule has 3 aromatic heterocycles. The standard InChI is InChI=1S/C45H53N9O7/c1-26(2)38(51-44(57)59-3)42(55)53-17-5-7-36(53)40-47-24-34(49-40)28-11-9-27(10-12-28)30-13-14-31-21-32(23-46-33(31)22-30)35-25-48-41(50-35)37-8-6-18-54(37)43(56)39(52-45(58)60-4)29-15-19-61-20-16-29/h9-14,21-26,29,36-39H,5-8,15-20H2,1-4H3,(H,47,49)(H,48,50)(H,51,57)(H,52,58). The number of imidazole rings is 2. The third kappa shape index (κ3) is 8.81. The Morgan fingerprint density at radius 1 is 0.689 bits per heavy atom. The van der Waals surface area contributed by atoms with Crippen molar-refractivity contribution in [3.05, 3.63) is 78.8 Å². The van der Waals surface area contributed by atoms with Crippen LogP contribution in [0.1, 0.15) is 76.1 Å². The highest BCUT2D eigenvalue weighted by Crippen LogP contribution is 2.36. The number of likely N-dealkylation sites (tertiary alicyclic amines) is 2. The van der Waals surface area contributed by atoms with Crippen LogP contribution in [0.5, 0.6) is 0 Å². The minimum absolute atomic E-state index is 0.0358. The van der Waals surface area contributed by atoms with Crippen molar-refractivity contribution in [2.24, 2.45) is 11.8 Å². The molecule has 0 bridgehead atoms. The second-order valence-corrected chi connectivity index (χ2v) is 16.4. The molecule has 61 heavy (non-hydrogen) atoms. The van der Waals surface area contributed by atoms with Gasteiger partial charge in [-0.1, -0.05) is 50.2 Å². The molecule has 4 amide bonds. The van der Waals surface area contributed by atoms with Gasteiger partial charge in [-0.25, -0.2) is 19.6 Å². The molecule has 3 aliphatic rings. The molecule has 16 heteroatoms. The van der Waals surface area contributed by atoms with Crippen molar-refractivity contribution in [3.63, 3.8) is 0 Å². The van der Waals surface area contributed by atoms with Gasteiger partial charge in [-0.2, -0.15) is 0 Å². The second-order valence-electron chi connectivity index (χ2n) is 16.4. The molecule has 3 saturated heterocycles. The summed E-state index contributed by atoms with van der Waals surface area (Å²) in [4.78, 5) is 76.6. The first-order chi connectivity index (χ1) is 29.6. The van der Waals surface area contributed by atoms with Crippen LogP contribution in [0.3, 0.4) is 0 Å². The van der Waals surface area contributed by atoms with Crippen molar-refractivity contribution >= 4 is 34.9 Å². The van der Waals surface area contributed by atoms with Crippen molar-refractivity contribution in [2.75, 3.05) is 40.5 Å². The molecule has 4 atom stereocenters. The van der Waals surface area contributed by atoms with E-state index in [1.807, 2.05) is 29.8 Å². The summed E-state index contributed by atoms with van der Waals surface area (Å²) in [5.74, 6) is 1.01. The number of hydrogen-bond donors (Lipinski definition) is 4. The minimum atomic E-state index is -0.694. The smallest absolute Gasteiger partial charge is 0.407 e. The van der Waals surface area contributed by atoms with E-state index < -0.39 is 24.3 Å². The normalized spacial score (nSPS) is 19.2. The lowest BCUT2D eigenvalue weighted by molar-refractivity contribution is -0.137. The summed E-state index contributed by atoms with van der Waals surface area (Å²) in [6, 6.07) is 14.7. The monoisotopic (exact) mass is 831 g/mol. The lowest BCUT2D eigenvalue weighted by atomic mass is 9.90. The van der Waals surface area contributed by atoms with Gasteiger partial charge in [-0.05, 0) is 79.2 Å². The van der Waals surface area contributed by atoms with E-state index in [9.17, 15) is 19.2 Å². The highest BCUT2D eigenvalue weighted by Gasteiger charge is 2.41. The number of nitrogens with one attached hydrogen (secondary N) is 4. The Labute approximate surface area is 354 Å². The van der Waals surface area contributed by atoms with Gasteiger partial charge in [-0.15, -0.1) is 0 Å². The fourth-order valence-corrected chi connectivity index (χ4v) is 8.90. The fraction of sp³-hybridized carbons (Fsp3) is 0.444. The maximum atomic E-state index is 14.0. The Morgan fingerprint density at radius 2 is 1.26 bits per heavy atom. The van der Waals surface area contributed by atoms with E-state index in [1.54, 1.807) is 12.4 Å². The number of nitrogens with zero attached hydrogens (tertiary/aromatic N) is 5. The van der Waals surface area contributed by atoms with Crippen LogP contribution in [0.15, 0.2) is 67.1 Å². The first-order valence-electron chi connectivity index (χ1n) is 21.1. The van der Waals surface area contributed by atoms with Gasteiger partial charge in [0.2, 0.25) is 11.8 Å². The maximum absolute atomic E-state index is 14.0. The zero-order valence-corrected chi connectivity index (χ0v) is 35.0. The van der Waals surface area contributed by atoms with Gasteiger partial charge in [0.1, 0.15) is 23.7 Å². The molecule has 3 aliphatic heterocycles. The van der Waals surface area contributed by atoms with Gasteiger partial charge in [0.15, 0.2) is 0 Å². The number of carbonyl (C=O) groups excluding carboxylic acids is 4. The van der Waals surface area contributed by atoms with Crippen LogP contribution in [-0.2, 0) is 23.8 Å². The summed E-state index contributed by atoms with van der Waals surface area (Å²) >= 11 is 0. The Hall–Kier alpha value is -6.29. The third-order valence-corrected chi connectivity index (χ3v) is 12.3. The molecular formula is C45H53N9O7. The molecule has 16 nitrogen and oxygen atoms in total. The fourth-order valence-electron chi connectivity index (χ4n) is 8.90. The first-order valence-corrected chi connectivity index (χ1v) is 21.1. The number of ether oxygens (including phenoxy) is 3. The average molecular weight is 832 g/mol. The number of rotatable bonds is 11. The van der Waals surface area contributed by atoms with Gasteiger partial charge in [0, 0.05) is 43.4 Å². The number of aromatic nitrogens is 5. The van der Waals surface area contributed by atoms with Crippen LogP contribution < -0.4 is 10.6 Å². The summed E-state index contributed by atoms with van der Waals surface area (Å²) in [6.07, 6.45) is 8.77. The zero-order chi connectivity index (χ0) is 42.6. The lowest BCUT2D eigenvalue weighted by Gasteiger charge is -2.34. The summed E-state index contributed by atoms with van der Waals surface area (Å²) in [7, 11) is 2.59. The summed E-state index contributed by atoms with van der Waals surface area (Å²) in [5.41, 5.74) is 6.43. The Morgan fingerprint density at radius 3 is 1.89 bits per heavy atom. The van der Waals surface area contributed by atoms with Crippen molar-refractivity contribution in [3.8, 4) is 33.6 Å². The topological polar surface area (TPSA) is 197 Å². The van der Waals surface area contributed by atoms with Crippen molar-refractivity contribution in [1.82, 2.24) is 45.4 Å². The molecule has 5 aromatic rings. The Kier molecular flexibility index (Phi) is 12.3. The van der Waals surface area contributed by atoms with Crippen LogP contribution in [0.4, 0.5) is 9.59 Å². The second kappa shape index (κ2) is 18.1. The van der Waals surface area contributed by atoms with E-state index in [0.29, 0.717) is 45.0 Å². The number of aromatic amines is 2. The Balaban J connectivity index is 0.936. The molecular weight excluding hydrogens is 779 g/mol. The van der Waals surface area contributed by atoms with E-state index >= 15 is 0 Å². The predicted octanol–water partition coefficient (Wildman–Crippen LogP) is 6.54. The molecule has 320 valence electrons. The number of H-pyrrole nitrogens is 2. The van der Waals surface area contributed by atoms with E-state index in [4.69, 9.17) is 24.2 Å². The average Bonchev–Trinajstić information content (AvgIpc) is 4.14. The SMILES string of the molecule is COC(=O)NC(C(=O)N1CCCC1c1ncc(-c2ccc(-c3ccc4cc(-c5cnc(C6CCCN6C(=O)C(NC(=O)OC)C6CCOCC6)[nH]5)cnc4c3)cc2)[nH]1)C(C)C. The van der Waals surface area contributed by atoms with Gasteiger partial charge in [0.25, 0.3) is 0 Å².